The van der Waals surface area contributed by atoms with E-state index in [4.69, 9.17) is 4.74 Å². The van der Waals surface area contributed by atoms with Gasteiger partial charge in [0.05, 0.1) is 5.60 Å². The Labute approximate surface area is 192 Å². The Morgan fingerprint density at radius 3 is 2.28 bits per heavy atom. The molecular weight excluding hydrogens is 402 g/mol. The van der Waals surface area contributed by atoms with Crippen LogP contribution in [-0.2, 0) is 14.3 Å². The van der Waals surface area contributed by atoms with Crippen LogP contribution in [0.15, 0.2) is 30.3 Å². The molecule has 6 heteroatoms. The fraction of sp³-hybridized carbons (Fsp3) is 0.692. The Morgan fingerprint density at radius 2 is 1.62 bits per heavy atom. The molecule has 0 unspecified atom stereocenters. The quantitative estimate of drug-likeness (QED) is 0.701. The summed E-state index contributed by atoms with van der Waals surface area (Å²) in [6, 6.07) is 10.4. The van der Waals surface area contributed by atoms with Crippen LogP contribution in [0, 0.1) is 11.8 Å². The normalized spacial score (nSPS) is 24.4. The largest absolute Gasteiger partial charge is 0.376 e. The molecule has 3 aliphatic rings. The highest BCUT2D eigenvalue weighted by Crippen LogP contribution is 2.31. The van der Waals surface area contributed by atoms with Gasteiger partial charge in [0.15, 0.2) is 0 Å². The summed E-state index contributed by atoms with van der Waals surface area (Å²) < 4.78 is 5.77. The molecule has 0 bridgehead atoms. The van der Waals surface area contributed by atoms with Gasteiger partial charge in [-0.3, -0.25) is 9.59 Å². The molecule has 0 spiro atoms. The number of hydrogen-bond donors (Lipinski definition) is 0. The van der Waals surface area contributed by atoms with Crippen LogP contribution in [-0.4, -0.2) is 73.1 Å². The second kappa shape index (κ2) is 10.2. The number of benzene rings is 1. The van der Waals surface area contributed by atoms with Crippen molar-refractivity contribution in [2.75, 3.05) is 50.8 Å². The van der Waals surface area contributed by atoms with Crippen LogP contribution in [0.1, 0.15) is 52.4 Å². The Balaban J connectivity index is 1.15. The Bertz CT molecular complexity index is 766. The summed E-state index contributed by atoms with van der Waals surface area (Å²) in [5, 5.41) is 0. The Kier molecular flexibility index (Phi) is 7.39. The molecule has 0 N–H and O–H groups in total. The van der Waals surface area contributed by atoms with Crippen molar-refractivity contribution >= 4 is 17.5 Å². The van der Waals surface area contributed by atoms with Crippen molar-refractivity contribution in [3.63, 3.8) is 0 Å². The monoisotopic (exact) mass is 441 g/mol. The number of carbonyl (C=O) groups excluding carboxylic acids is 2. The van der Waals surface area contributed by atoms with Gasteiger partial charge >= 0.3 is 0 Å². The zero-order valence-electron chi connectivity index (χ0n) is 19.8. The molecule has 0 saturated carbocycles. The van der Waals surface area contributed by atoms with Gasteiger partial charge in [-0.25, -0.2) is 0 Å². The lowest BCUT2D eigenvalue weighted by Crippen LogP contribution is -2.49. The first-order chi connectivity index (χ1) is 15.4. The van der Waals surface area contributed by atoms with Crippen LogP contribution < -0.4 is 4.90 Å². The van der Waals surface area contributed by atoms with Gasteiger partial charge in [0.1, 0.15) is 0 Å². The third kappa shape index (κ3) is 5.83. The average Bonchev–Trinajstić information content (AvgIpc) is 2.82. The van der Waals surface area contributed by atoms with Crippen LogP contribution in [0.5, 0.6) is 0 Å². The van der Waals surface area contributed by atoms with Crippen molar-refractivity contribution < 1.29 is 14.3 Å². The topological polar surface area (TPSA) is 53.1 Å². The van der Waals surface area contributed by atoms with E-state index in [1.54, 1.807) is 0 Å². The van der Waals surface area contributed by atoms with Crippen LogP contribution in [0.4, 0.5) is 5.69 Å². The zero-order valence-corrected chi connectivity index (χ0v) is 19.8. The van der Waals surface area contributed by atoms with Crippen molar-refractivity contribution in [3.8, 4) is 0 Å². The molecule has 0 aliphatic carbocycles. The summed E-state index contributed by atoms with van der Waals surface area (Å²) in [7, 11) is 0. The van der Waals surface area contributed by atoms with Gasteiger partial charge in [0.25, 0.3) is 0 Å². The third-order valence-electron chi connectivity index (χ3n) is 7.49. The molecule has 3 saturated heterocycles. The highest BCUT2D eigenvalue weighted by molar-refractivity contribution is 5.79. The fourth-order valence-electron chi connectivity index (χ4n) is 5.48. The van der Waals surface area contributed by atoms with Gasteiger partial charge in [0.2, 0.25) is 11.8 Å². The smallest absolute Gasteiger partial charge is 0.225 e. The number of piperazine rings is 1. The first kappa shape index (κ1) is 23.1. The fourth-order valence-corrected chi connectivity index (χ4v) is 5.48. The maximum Gasteiger partial charge on any atom is 0.225 e. The van der Waals surface area contributed by atoms with Gasteiger partial charge in [-0.1, -0.05) is 18.2 Å². The number of rotatable bonds is 5. The molecule has 1 aromatic carbocycles. The lowest BCUT2D eigenvalue weighted by molar-refractivity contribution is -0.147. The van der Waals surface area contributed by atoms with Crippen LogP contribution in [0.25, 0.3) is 0 Å². The molecule has 4 rings (SSSR count). The minimum absolute atomic E-state index is 0.103. The van der Waals surface area contributed by atoms with E-state index in [1.165, 1.54) is 5.69 Å². The Hall–Kier alpha value is -2.08. The molecule has 3 heterocycles. The Morgan fingerprint density at radius 1 is 0.938 bits per heavy atom. The number of piperidine rings is 1. The molecule has 6 nitrogen and oxygen atoms in total. The van der Waals surface area contributed by atoms with Crippen LogP contribution in [0.2, 0.25) is 0 Å². The summed E-state index contributed by atoms with van der Waals surface area (Å²) in [5.41, 5.74) is 1.05. The minimum atomic E-state index is -0.191. The number of para-hydroxylation sites is 1. The summed E-state index contributed by atoms with van der Waals surface area (Å²) in [6.45, 7) is 9.94. The standard InChI is InChI=1S/C26H39N3O3/c1-26(2)20-22(12-19-32-26)25(31)29-13-10-21(11-14-29)8-9-24(30)28-17-15-27(16-18-28)23-6-4-3-5-7-23/h3-7,21-22H,8-20H2,1-2H3/t22-/m0/s1. The summed E-state index contributed by atoms with van der Waals surface area (Å²) in [6.07, 6.45) is 5.29. The lowest BCUT2D eigenvalue weighted by Gasteiger charge is -2.39. The first-order valence-electron chi connectivity index (χ1n) is 12.4. The second-order valence-corrected chi connectivity index (χ2v) is 10.3. The van der Waals surface area contributed by atoms with Crippen molar-refractivity contribution in [2.24, 2.45) is 11.8 Å². The number of carbonyl (C=O) groups is 2. The molecule has 0 radical (unpaired) electrons. The summed E-state index contributed by atoms with van der Waals surface area (Å²) >= 11 is 0. The van der Waals surface area contributed by atoms with E-state index in [-0.39, 0.29) is 11.5 Å². The zero-order chi connectivity index (χ0) is 22.6. The van der Waals surface area contributed by atoms with Gasteiger partial charge in [-0.2, -0.15) is 0 Å². The van der Waals surface area contributed by atoms with Crippen LogP contribution >= 0.6 is 0 Å². The van der Waals surface area contributed by atoms with E-state index in [1.807, 2.05) is 11.0 Å². The van der Waals surface area contributed by atoms with Crippen LogP contribution in [0.3, 0.4) is 0 Å². The molecule has 32 heavy (non-hydrogen) atoms. The molecule has 176 valence electrons. The molecule has 0 aromatic heterocycles. The van der Waals surface area contributed by atoms with Gasteiger partial charge in [0, 0.05) is 63.9 Å². The molecule has 3 fully saturated rings. The molecule has 1 aromatic rings. The molecule has 3 aliphatic heterocycles. The van der Waals surface area contributed by atoms with Crippen molar-refractivity contribution in [3.05, 3.63) is 30.3 Å². The van der Waals surface area contributed by atoms with Gasteiger partial charge in [-0.05, 0) is 64.0 Å². The SMILES string of the molecule is CC1(C)C[C@@H](C(=O)N2CCC(CCC(=O)N3CCN(c4ccccc4)CC3)CC2)CCO1. The maximum atomic E-state index is 13.0. The number of nitrogens with zero attached hydrogens (tertiary/aromatic N) is 3. The van der Waals surface area contributed by atoms with E-state index in [0.717, 1.165) is 71.4 Å². The first-order valence-corrected chi connectivity index (χ1v) is 12.4. The summed E-state index contributed by atoms with van der Waals surface area (Å²) in [5.74, 6) is 1.26. The molecule has 1 atom stereocenters. The highest BCUT2D eigenvalue weighted by Gasteiger charge is 2.36. The number of ether oxygens (including phenoxy) is 1. The number of anilines is 1. The lowest BCUT2D eigenvalue weighted by atomic mass is 9.86. The van der Waals surface area contributed by atoms with Gasteiger partial charge < -0.3 is 19.4 Å². The predicted octanol–water partition coefficient (Wildman–Crippen LogP) is 3.56. The average molecular weight is 442 g/mol. The number of amides is 2. The van der Waals surface area contributed by atoms with E-state index in [9.17, 15) is 9.59 Å². The van der Waals surface area contributed by atoms with Gasteiger partial charge in [-0.15, -0.1) is 0 Å². The summed E-state index contributed by atoms with van der Waals surface area (Å²) in [4.78, 5) is 32.2. The van der Waals surface area contributed by atoms with Crippen molar-refractivity contribution in [1.29, 1.82) is 0 Å². The predicted molar refractivity (Wildman–Crippen MR) is 127 cm³/mol. The molecular formula is C26H39N3O3. The number of likely N-dealkylation sites (tertiary alicyclic amines) is 1. The van der Waals surface area contributed by atoms with E-state index >= 15 is 0 Å². The maximum absolute atomic E-state index is 13.0. The van der Waals surface area contributed by atoms with Crippen molar-refractivity contribution in [1.82, 2.24) is 9.80 Å². The third-order valence-corrected chi connectivity index (χ3v) is 7.49. The van der Waals surface area contributed by atoms with Crippen molar-refractivity contribution in [2.45, 2.75) is 58.0 Å². The number of hydrogen-bond acceptors (Lipinski definition) is 4. The van der Waals surface area contributed by atoms with E-state index in [2.05, 4.69) is 47.9 Å². The molecule has 2 amide bonds. The second-order valence-electron chi connectivity index (χ2n) is 10.3. The minimum Gasteiger partial charge on any atom is -0.376 e. The van der Waals surface area contributed by atoms with E-state index < -0.39 is 0 Å². The highest BCUT2D eigenvalue weighted by atomic mass is 16.5. The van der Waals surface area contributed by atoms with E-state index in [0.29, 0.717) is 30.8 Å².